The molecule has 3 nitrogen and oxygen atoms in total. The molecule has 2 aromatic rings. The summed E-state index contributed by atoms with van der Waals surface area (Å²) >= 11 is 0. The predicted octanol–water partition coefficient (Wildman–Crippen LogP) is 4.08. The molecule has 1 amide bonds. The normalized spacial score (nSPS) is 15.0. The van der Waals surface area contributed by atoms with Crippen molar-refractivity contribution in [3.63, 3.8) is 0 Å². The Kier molecular flexibility index (Phi) is 4.89. The van der Waals surface area contributed by atoms with E-state index < -0.39 is 0 Å². The maximum atomic E-state index is 12.6. The van der Waals surface area contributed by atoms with E-state index in [0.29, 0.717) is 5.92 Å². The Morgan fingerprint density at radius 1 is 0.958 bits per heavy atom. The summed E-state index contributed by atoms with van der Waals surface area (Å²) in [7, 11) is 0. The van der Waals surface area contributed by atoms with Crippen molar-refractivity contribution in [1.82, 2.24) is 4.90 Å². The molecule has 3 rings (SSSR count). The lowest BCUT2D eigenvalue weighted by atomic mass is 10.0. The van der Waals surface area contributed by atoms with Crippen LogP contribution in [0.3, 0.4) is 0 Å². The van der Waals surface area contributed by atoms with Crippen LogP contribution in [0.2, 0.25) is 0 Å². The molecule has 1 heterocycles. The summed E-state index contributed by atoms with van der Waals surface area (Å²) in [6.45, 7) is 9.78. The van der Waals surface area contributed by atoms with Crippen LogP contribution in [0.25, 0.3) is 0 Å². The van der Waals surface area contributed by atoms with E-state index in [1.54, 1.807) is 0 Å². The molecule has 1 aliphatic heterocycles. The molecule has 2 aromatic carbocycles. The Bertz CT molecular complexity index is 698. The van der Waals surface area contributed by atoms with Crippen LogP contribution in [0.5, 0.6) is 0 Å². The van der Waals surface area contributed by atoms with E-state index in [0.717, 1.165) is 37.3 Å². The van der Waals surface area contributed by atoms with Crippen molar-refractivity contribution in [3.8, 4) is 0 Å². The molecule has 0 N–H and O–H groups in total. The number of amides is 1. The van der Waals surface area contributed by atoms with Gasteiger partial charge in [-0.2, -0.15) is 0 Å². The van der Waals surface area contributed by atoms with Gasteiger partial charge < -0.3 is 9.80 Å². The topological polar surface area (TPSA) is 23.6 Å². The molecule has 0 spiro atoms. The molecule has 1 fully saturated rings. The molecular weight excluding hydrogens is 296 g/mol. The molecule has 0 aromatic heterocycles. The summed E-state index contributed by atoms with van der Waals surface area (Å²) in [5.74, 6) is 0.705. The quantitative estimate of drug-likeness (QED) is 0.850. The molecule has 24 heavy (non-hydrogen) atoms. The number of anilines is 1. The van der Waals surface area contributed by atoms with E-state index in [1.807, 2.05) is 36.1 Å². The highest BCUT2D eigenvalue weighted by molar-refractivity contribution is 5.94. The molecule has 0 saturated carbocycles. The lowest BCUT2D eigenvalue weighted by molar-refractivity contribution is 0.0746. The van der Waals surface area contributed by atoms with Crippen molar-refractivity contribution in [1.29, 1.82) is 0 Å². The fraction of sp³-hybridized carbons (Fsp3) is 0.381. The number of hydrogen-bond acceptors (Lipinski definition) is 2. The van der Waals surface area contributed by atoms with Gasteiger partial charge >= 0.3 is 0 Å². The van der Waals surface area contributed by atoms with Gasteiger partial charge in [-0.3, -0.25) is 4.79 Å². The van der Waals surface area contributed by atoms with E-state index in [2.05, 4.69) is 43.0 Å². The Morgan fingerprint density at radius 3 is 2.21 bits per heavy atom. The lowest BCUT2D eigenvalue weighted by Crippen LogP contribution is -2.48. The number of carbonyl (C=O) groups is 1. The van der Waals surface area contributed by atoms with Gasteiger partial charge in [-0.05, 0) is 42.7 Å². The maximum absolute atomic E-state index is 12.6. The van der Waals surface area contributed by atoms with E-state index in [9.17, 15) is 4.79 Å². The number of rotatable bonds is 3. The average Bonchev–Trinajstić information content (AvgIpc) is 2.61. The van der Waals surface area contributed by atoms with Gasteiger partial charge in [0.1, 0.15) is 0 Å². The number of carbonyl (C=O) groups excluding carboxylic acids is 1. The van der Waals surface area contributed by atoms with Crippen molar-refractivity contribution >= 4 is 11.6 Å². The van der Waals surface area contributed by atoms with E-state index in [1.165, 1.54) is 11.3 Å². The molecule has 3 heteroatoms. The van der Waals surface area contributed by atoms with E-state index >= 15 is 0 Å². The highest BCUT2D eigenvalue weighted by Gasteiger charge is 2.22. The number of nitrogens with zero attached hydrogens (tertiary/aromatic N) is 2. The summed E-state index contributed by atoms with van der Waals surface area (Å²) in [5.41, 5.74) is 4.54. The van der Waals surface area contributed by atoms with E-state index in [4.69, 9.17) is 0 Å². The summed E-state index contributed by atoms with van der Waals surface area (Å²) in [6, 6.07) is 16.7. The first-order valence-corrected chi connectivity index (χ1v) is 8.75. The molecule has 0 radical (unpaired) electrons. The Hall–Kier alpha value is -2.29. The summed E-state index contributed by atoms with van der Waals surface area (Å²) in [5, 5.41) is 0. The molecular formula is C21H26N2O. The van der Waals surface area contributed by atoms with Crippen LogP contribution in [-0.2, 0) is 0 Å². The second kappa shape index (κ2) is 7.08. The van der Waals surface area contributed by atoms with Gasteiger partial charge in [-0.15, -0.1) is 0 Å². The number of aryl methyl sites for hydroxylation is 1. The summed E-state index contributed by atoms with van der Waals surface area (Å²) in [6.07, 6.45) is 0. The monoisotopic (exact) mass is 322 g/mol. The predicted molar refractivity (Wildman–Crippen MR) is 99.8 cm³/mol. The minimum atomic E-state index is 0.147. The fourth-order valence-electron chi connectivity index (χ4n) is 3.20. The largest absolute Gasteiger partial charge is 0.368 e. The second-order valence-corrected chi connectivity index (χ2v) is 6.89. The summed E-state index contributed by atoms with van der Waals surface area (Å²) < 4.78 is 0. The zero-order valence-electron chi connectivity index (χ0n) is 14.8. The highest BCUT2D eigenvalue weighted by Crippen LogP contribution is 2.21. The Balaban J connectivity index is 1.62. The van der Waals surface area contributed by atoms with Crippen molar-refractivity contribution < 1.29 is 4.79 Å². The van der Waals surface area contributed by atoms with Gasteiger partial charge in [-0.1, -0.05) is 43.7 Å². The van der Waals surface area contributed by atoms with Crippen LogP contribution in [0.15, 0.2) is 48.5 Å². The maximum Gasteiger partial charge on any atom is 0.253 e. The van der Waals surface area contributed by atoms with Gasteiger partial charge in [-0.25, -0.2) is 0 Å². The zero-order valence-corrected chi connectivity index (χ0v) is 14.8. The number of piperazine rings is 1. The van der Waals surface area contributed by atoms with Crippen LogP contribution in [0, 0.1) is 6.92 Å². The first kappa shape index (κ1) is 16.6. The molecule has 0 unspecified atom stereocenters. The van der Waals surface area contributed by atoms with Gasteiger partial charge in [0, 0.05) is 37.4 Å². The third kappa shape index (κ3) is 3.61. The zero-order chi connectivity index (χ0) is 17.1. The van der Waals surface area contributed by atoms with Crippen molar-refractivity contribution in [2.24, 2.45) is 0 Å². The van der Waals surface area contributed by atoms with Crippen LogP contribution in [0.4, 0.5) is 5.69 Å². The lowest BCUT2D eigenvalue weighted by Gasteiger charge is -2.36. The van der Waals surface area contributed by atoms with Crippen LogP contribution in [0.1, 0.15) is 41.3 Å². The van der Waals surface area contributed by atoms with Gasteiger partial charge in [0.15, 0.2) is 0 Å². The first-order valence-electron chi connectivity index (χ1n) is 8.75. The average molecular weight is 322 g/mol. The smallest absolute Gasteiger partial charge is 0.253 e. The van der Waals surface area contributed by atoms with Crippen LogP contribution >= 0.6 is 0 Å². The van der Waals surface area contributed by atoms with Gasteiger partial charge in [0.25, 0.3) is 5.91 Å². The molecule has 0 aliphatic carbocycles. The highest BCUT2D eigenvalue weighted by atomic mass is 16.2. The standard InChI is InChI=1S/C21H26N2O/c1-16(2)18-7-9-20(10-8-18)22-11-13-23(14-12-22)21(24)19-6-4-5-17(3)15-19/h4-10,15-16H,11-14H2,1-3H3. The van der Waals surface area contributed by atoms with Crippen molar-refractivity contribution in [2.75, 3.05) is 31.1 Å². The first-order chi connectivity index (χ1) is 11.5. The minimum Gasteiger partial charge on any atom is -0.368 e. The molecule has 0 bridgehead atoms. The van der Waals surface area contributed by atoms with Crippen LogP contribution < -0.4 is 4.90 Å². The second-order valence-electron chi connectivity index (χ2n) is 6.89. The third-order valence-electron chi connectivity index (χ3n) is 4.76. The summed E-state index contributed by atoms with van der Waals surface area (Å²) in [4.78, 5) is 17.0. The Morgan fingerprint density at radius 2 is 1.62 bits per heavy atom. The fourth-order valence-corrected chi connectivity index (χ4v) is 3.20. The number of benzene rings is 2. The SMILES string of the molecule is Cc1cccc(C(=O)N2CCN(c3ccc(C(C)C)cc3)CC2)c1. The van der Waals surface area contributed by atoms with Crippen molar-refractivity contribution in [2.45, 2.75) is 26.7 Å². The third-order valence-corrected chi connectivity index (χ3v) is 4.76. The molecule has 0 atom stereocenters. The molecule has 1 aliphatic rings. The molecule has 1 saturated heterocycles. The van der Waals surface area contributed by atoms with Crippen LogP contribution in [-0.4, -0.2) is 37.0 Å². The Labute approximate surface area is 144 Å². The van der Waals surface area contributed by atoms with Gasteiger partial charge in [0.05, 0.1) is 0 Å². The van der Waals surface area contributed by atoms with Gasteiger partial charge in [0.2, 0.25) is 0 Å². The number of hydrogen-bond donors (Lipinski definition) is 0. The molecule has 126 valence electrons. The van der Waals surface area contributed by atoms with E-state index in [-0.39, 0.29) is 5.91 Å². The minimum absolute atomic E-state index is 0.147. The van der Waals surface area contributed by atoms with Crippen molar-refractivity contribution in [3.05, 3.63) is 65.2 Å².